The molecule has 1 aliphatic heterocycles. The summed E-state index contributed by atoms with van der Waals surface area (Å²) in [6, 6.07) is 0.751. The highest BCUT2D eigenvalue weighted by Gasteiger charge is 2.16. The van der Waals surface area contributed by atoms with Gasteiger partial charge < -0.3 is 15.5 Å². The van der Waals surface area contributed by atoms with Gasteiger partial charge in [0, 0.05) is 26.2 Å². The number of nitrogens with one attached hydrogen (secondary N) is 2. The Bertz CT molecular complexity index is 382. The minimum Gasteiger partial charge on any atom is -0.372 e. The van der Waals surface area contributed by atoms with Gasteiger partial charge in [0.05, 0.1) is 12.4 Å². The van der Waals surface area contributed by atoms with Gasteiger partial charge in [0.1, 0.15) is 11.6 Å². The smallest absolute Gasteiger partial charge is 0.146 e. The third-order valence-electron chi connectivity index (χ3n) is 3.76. The lowest BCUT2D eigenvalue weighted by molar-refractivity contribution is 0.160. The zero-order valence-corrected chi connectivity index (χ0v) is 12.0. The quantitative estimate of drug-likeness (QED) is 0.771. The van der Waals surface area contributed by atoms with Crippen LogP contribution in [0.3, 0.4) is 0 Å². The van der Waals surface area contributed by atoms with E-state index in [1.165, 1.54) is 32.4 Å². The van der Waals surface area contributed by atoms with E-state index in [0.29, 0.717) is 0 Å². The second kappa shape index (κ2) is 7.28. The molecule has 0 spiro atoms. The first-order valence-electron chi connectivity index (χ1n) is 7.27. The summed E-state index contributed by atoms with van der Waals surface area (Å²) in [5.74, 6) is 1.65. The van der Waals surface area contributed by atoms with Gasteiger partial charge in [-0.15, -0.1) is 0 Å². The molecular formula is C14H25N5. The Kier molecular flexibility index (Phi) is 5.39. The third-order valence-corrected chi connectivity index (χ3v) is 3.76. The molecule has 5 heteroatoms. The molecule has 19 heavy (non-hydrogen) atoms. The molecule has 5 nitrogen and oxygen atoms in total. The lowest BCUT2D eigenvalue weighted by Crippen LogP contribution is -2.38. The first-order chi connectivity index (χ1) is 9.29. The summed E-state index contributed by atoms with van der Waals surface area (Å²) in [6.07, 6.45) is 8.74. The maximum Gasteiger partial charge on any atom is 0.146 e. The summed E-state index contributed by atoms with van der Waals surface area (Å²) in [5, 5.41) is 6.33. The minimum absolute atomic E-state index is 0.751. The first-order valence-corrected chi connectivity index (χ1v) is 7.27. The van der Waals surface area contributed by atoms with Crippen LogP contribution in [0.1, 0.15) is 32.6 Å². The number of piperidine rings is 1. The summed E-state index contributed by atoms with van der Waals surface area (Å²) < 4.78 is 0. The van der Waals surface area contributed by atoms with E-state index in [4.69, 9.17) is 0 Å². The number of hydrogen-bond acceptors (Lipinski definition) is 5. The standard InChI is InChI=1S/C14H25N5/c1-12-6-3-4-8-19(12)9-5-7-17-14-11-16-10-13(15-2)18-14/h10-12H,3-9H2,1-2H3,(H2,15,17,18). The number of rotatable bonds is 6. The lowest BCUT2D eigenvalue weighted by atomic mass is 10.0. The van der Waals surface area contributed by atoms with Crippen LogP contribution in [0.5, 0.6) is 0 Å². The van der Waals surface area contributed by atoms with E-state index < -0.39 is 0 Å². The summed E-state index contributed by atoms with van der Waals surface area (Å²) in [5.41, 5.74) is 0. The van der Waals surface area contributed by atoms with Crippen LogP contribution in [0.2, 0.25) is 0 Å². The Balaban J connectivity index is 1.68. The highest BCUT2D eigenvalue weighted by Crippen LogP contribution is 2.16. The second-order valence-electron chi connectivity index (χ2n) is 5.20. The Hall–Kier alpha value is -1.36. The molecule has 1 aliphatic rings. The lowest BCUT2D eigenvalue weighted by Gasteiger charge is -2.33. The number of aromatic nitrogens is 2. The van der Waals surface area contributed by atoms with Crippen molar-refractivity contribution in [2.24, 2.45) is 0 Å². The van der Waals surface area contributed by atoms with Crippen LogP contribution >= 0.6 is 0 Å². The van der Waals surface area contributed by atoms with E-state index in [2.05, 4.69) is 32.4 Å². The maximum atomic E-state index is 4.39. The zero-order valence-electron chi connectivity index (χ0n) is 12.0. The molecular weight excluding hydrogens is 238 g/mol. The number of anilines is 2. The van der Waals surface area contributed by atoms with Crippen molar-refractivity contribution >= 4 is 11.6 Å². The molecule has 2 N–H and O–H groups in total. The van der Waals surface area contributed by atoms with Gasteiger partial charge in [-0.05, 0) is 32.7 Å². The summed E-state index contributed by atoms with van der Waals surface area (Å²) in [4.78, 5) is 11.1. The Morgan fingerprint density at radius 1 is 1.32 bits per heavy atom. The predicted octanol–water partition coefficient (Wildman–Crippen LogP) is 2.19. The average molecular weight is 263 g/mol. The van der Waals surface area contributed by atoms with Crippen LogP contribution in [0.4, 0.5) is 11.6 Å². The molecule has 2 heterocycles. The van der Waals surface area contributed by atoms with Crippen LogP contribution < -0.4 is 10.6 Å². The van der Waals surface area contributed by atoms with Gasteiger partial charge in [0.15, 0.2) is 0 Å². The largest absolute Gasteiger partial charge is 0.372 e. The monoisotopic (exact) mass is 263 g/mol. The molecule has 106 valence electrons. The summed E-state index contributed by atoms with van der Waals surface area (Å²) in [6.45, 7) is 5.73. The van der Waals surface area contributed by atoms with Crippen molar-refractivity contribution in [3.8, 4) is 0 Å². The molecule has 0 amide bonds. The number of likely N-dealkylation sites (tertiary alicyclic amines) is 1. The van der Waals surface area contributed by atoms with E-state index in [-0.39, 0.29) is 0 Å². The fourth-order valence-electron chi connectivity index (χ4n) is 2.56. The second-order valence-corrected chi connectivity index (χ2v) is 5.20. The normalized spacial score (nSPS) is 20.2. The zero-order chi connectivity index (χ0) is 13.5. The Labute approximate surface area is 115 Å². The number of nitrogens with zero attached hydrogens (tertiary/aromatic N) is 3. The first kappa shape index (κ1) is 14.1. The molecule has 0 aliphatic carbocycles. The molecule has 1 unspecified atom stereocenters. The van der Waals surface area contributed by atoms with Crippen molar-refractivity contribution in [2.45, 2.75) is 38.6 Å². The van der Waals surface area contributed by atoms with E-state index in [0.717, 1.165) is 30.6 Å². The highest BCUT2D eigenvalue weighted by atomic mass is 15.2. The van der Waals surface area contributed by atoms with E-state index in [1.54, 1.807) is 12.4 Å². The van der Waals surface area contributed by atoms with Crippen LogP contribution in [0.15, 0.2) is 12.4 Å². The Morgan fingerprint density at radius 3 is 2.95 bits per heavy atom. The van der Waals surface area contributed by atoms with Gasteiger partial charge in [-0.3, -0.25) is 4.98 Å². The van der Waals surface area contributed by atoms with Gasteiger partial charge in [-0.1, -0.05) is 6.42 Å². The van der Waals surface area contributed by atoms with E-state index >= 15 is 0 Å². The molecule has 1 aromatic rings. The van der Waals surface area contributed by atoms with Gasteiger partial charge >= 0.3 is 0 Å². The number of hydrogen-bond donors (Lipinski definition) is 2. The maximum absolute atomic E-state index is 4.39. The fourth-order valence-corrected chi connectivity index (χ4v) is 2.56. The molecule has 0 bridgehead atoms. The van der Waals surface area contributed by atoms with Gasteiger partial charge in [-0.25, -0.2) is 4.98 Å². The highest BCUT2D eigenvalue weighted by molar-refractivity contribution is 5.40. The van der Waals surface area contributed by atoms with Crippen LogP contribution in [0, 0.1) is 0 Å². The molecule has 0 aromatic carbocycles. The van der Waals surface area contributed by atoms with Gasteiger partial charge in [0.2, 0.25) is 0 Å². The van der Waals surface area contributed by atoms with E-state index in [9.17, 15) is 0 Å². The minimum atomic E-state index is 0.751. The van der Waals surface area contributed by atoms with Gasteiger partial charge in [-0.2, -0.15) is 0 Å². The Morgan fingerprint density at radius 2 is 2.16 bits per heavy atom. The van der Waals surface area contributed by atoms with Crippen molar-refractivity contribution in [1.29, 1.82) is 0 Å². The molecule has 1 saturated heterocycles. The van der Waals surface area contributed by atoms with Crippen LogP contribution in [0.25, 0.3) is 0 Å². The van der Waals surface area contributed by atoms with E-state index in [1.807, 2.05) is 7.05 Å². The molecule has 1 atom stereocenters. The predicted molar refractivity (Wildman–Crippen MR) is 79.6 cm³/mol. The van der Waals surface area contributed by atoms with Crippen molar-refractivity contribution in [1.82, 2.24) is 14.9 Å². The third kappa shape index (κ3) is 4.35. The average Bonchev–Trinajstić information content (AvgIpc) is 2.45. The topological polar surface area (TPSA) is 53.1 Å². The fraction of sp³-hybridized carbons (Fsp3) is 0.714. The summed E-state index contributed by atoms with van der Waals surface area (Å²) >= 11 is 0. The molecule has 0 radical (unpaired) electrons. The molecule has 0 saturated carbocycles. The van der Waals surface area contributed by atoms with Crippen molar-refractivity contribution in [3.05, 3.63) is 12.4 Å². The van der Waals surface area contributed by atoms with Crippen LogP contribution in [-0.4, -0.2) is 47.6 Å². The SMILES string of the molecule is CNc1cncc(NCCCN2CCCCC2C)n1. The van der Waals surface area contributed by atoms with Crippen LogP contribution in [-0.2, 0) is 0 Å². The van der Waals surface area contributed by atoms with Crippen molar-refractivity contribution < 1.29 is 0 Å². The molecule has 2 rings (SSSR count). The van der Waals surface area contributed by atoms with Crippen molar-refractivity contribution in [3.63, 3.8) is 0 Å². The molecule has 1 aromatic heterocycles. The molecule has 1 fully saturated rings. The summed E-state index contributed by atoms with van der Waals surface area (Å²) in [7, 11) is 1.85. The van der Waals surface area contributed by atoms with Gasteiger partial charge in [0.25, 0.3) is 0 Å². The van der Waals surface area contributed by atoms with Crippen molar-refractivity contribution in [2.75, 3.05) is 37.3 Å².